The normalized spacial score (nSPS) is 12.5. The van der Waals surface area contributed by atoms with Gasteiger partial charge in [-0.1, -0.05) is 6.92 Å². The standard InChI is InChI=1S/C16H34N2O3/c1-7-17-10-8-9-14(19)18-13-16(5,6)21-12-11-20-15(2,3)4/h17H,7-13H2,1-6H3,(H,18,19). The van der Waals surface area contributed by atoms with Crippen molar-refractivity contribution in [1.29, 1.82) is 0 Å². The van der Waals surface area contributed by atoms with E-state index in [9.17, 15) is 4.79 Å². The minimum absolute atomic E-state index is 0.0792. The molecule has 5 nitrogen and oxygen atoms in total. The predicted octanol–water partition coefficient (Wildman–Crippen LogP) is 2.10. The summed E-state index contributed by atoms with van der Waals surface area (Å²) in [6.07, 6.45) is 1.41. The van der Waals surface area contributed by atoms with Crippen LogP contribution in [-0.2, 0) is 14.3 Å². The second kappa shape index (κ2) is 10.1. The molecule has 0 aliphatic carbocycles. The highest BCUT2D eigenvalue weighted by molar-refractivity contribution is 5.75. The van der Waals surface area contributed by atoms with E-state index in [0.717, 1.165) is 19.5 Å². The quantitative estimate of drug-likeness (QED) is 0.574. The van der Waals surface area contributed by atoms with Gasteiger partial charge in [-0.15, -0.1) is 0 Å². The van der Waals surface area contributed by atoms with Crippen LogP contribution in [-0.4, -0.2) is 50.0 Å². The van der Waals surface area contributed by atoms with Gasteiger partial charge < -0.3 is 20.1 Å². The summed E-state index contributed by atoms with van der Waals surface area (Å²) in [5, 5.41) is 6.13. The molecular weight excluding hydrogens is 268 g/mol. The molecule has 2 N–H and O–H groups in total. The molecule has 0 rings (SSSR count). The van der Waals surface area contributed by atoms with Crippen LogP contribution in [0.1, 0.15) is 54.4 Å². The van der Waals surface area contributed by atoms with E-state index in [1.54, 1.807) is 0 Å². The zero-order valence-electron chi connectivity index (χ0n) is 14.7. The maximum Gasteiger partial charge on any atom is 0.220 e. The zero-order chi connectivity index (χ0) is 16.4. The minimum atomic E-state index is -0.376. The summed E-state index contributed by atoms with van der Waals surface area (Å²) in [7, 11) is 0. The van der Waals surface area contributed by atoms with Crippen LogP contribution < -0.4 is 10.6 Å². The Hall–Kier alpha value is -0.650. The smallest absolute Gasteiger partial charge is 0.220 e. The lowest BCUT2D eigenvalue weighted by atomic mass is 10.1. The summed E-state index contributed by atoms with van der Waals surface area (Å²) < 4.78 is 11.4. The van der Waals surface area contributed by atoms with Gasteiger partial charge in [-0.05, 0) is 54.1 Å². The van der Waals surface area contributed by atoms with Crippen LogP contribution in [0.15, 0.2) is 0 Å². The molecule has 0 saturated carbocycles. The molecular formula is C16H34N2O3. The van der Waals surface area contributed by atoms with E-state index in [1.807, 2.05) is 34.6 Å². The molecule has 0 aliphatic rings. The second-order valence-electron chi connectivity index (χ2n) is 6.80. The number of nitrogens with one attached hydrogen (secondary N) is 2. The molecule has 0 unspecified atom stereocenters. The topological polar surface area (TPSA) is 59.6 Å². The lowest BCUT2D eigenvalue weighted by Crippen LogP contribution is -2.41. The van der Waals surface area contributed by atoms with Crippen molar-refractivity contribution in [2.45, 2.75) is 65.6 Å². The minimum Gasteiger partial charge on any atom is -0.373 e. The van der Waals surface area contributed by atoms with Crippen LogP contribution in [0.5, 0.6) is 0 Å². The maximum absolute atomic E-state index is 11.7. The summed E-state index contributed by atoms with van der Waals surface area (Å²) in [6, 6.07) is 0. The molecule has 5 heteroatoms. The first-order valence-electron chi connectivity index (χ1n) is 7.91. The van der Waals surface area contributed by atoms with E-state index >= 15 is 0 Å². The zero-order valence-corrected chi connectivity index (χ0v) is 14.7. The molecule has 0 aromatic rings. The highest BCUT2D eigenvalue weighted by atomic mass is 16.5. The van der Waals surface area contributed by atoms with E-state index in [4.69, 9.17) is 9.47 Å². The summed E-state index contributed by atoms with van der Waals surface area (Å²) in [5.74, 6) is 0.0792. The Bertz CT molecular complexity index is 286. The third kappa shape index (κ3) is 14.1. The Kier molecular flexibility index (Phi) is 9.83. The number of carbonyl (C=O) groups is 1. The fraction of sp³-hybridized carbons (Fsp3) is 0.938. The first-order chi connectivity index (χ1) is 9.66. The van der Waals surface area contributed by atoms with Gasteiger partial charge >= 0.3 is 0 Å². The van der Waals surface area contributed by atoms with Gasteiger partial charge in [-0.25, -0.2) is 0 Å². The Morgan fingerprint density at radius 1 is 1.05 bits per heavy atom. The van der Waals surface area contributed by atoms with Gasteiger partial charge in [0.1, 0.15) is 0 Å². The average molecular weight is 302 g/mol. The van der Waals surface area contributed by atoms with Crippen molar-refractivity contribution in [2.24, 2.45) is 0 Å². The summed E-state index contributed by atoms with van der Waals surface area (Å²) >= 11 is 0. The molecule has 126 valence electrons. The highest BCUT2D eigenvalue weighted by Gasteiger charge is 2.19. The molecule has 0 spiro atoms. The van der Waals surface area contributed by atoms with Crippen molar-refractivity contribution >= 4 is 5.91 Å². The summed E-state index contributed by atoms with van der Waals surface area (Å²) in [5.41, 5.74) is -0.521. The molecule has 0 aliphatic heterocycles. The summed E-state index contributed by atoms with van der Waals surface area (Å²) in [4.78, 5) is 11.7. The van der Waals surface area contributed by atoms with Crippen LogP contribution in [0.25, 0.3) is 0 Å². The number of rotatable bonds is 11. The van der Waals surface area contributed by atoms with Gasteiger partial charge in [-0.3, -0.25) is 4.79 Å². The molecule has 0 bridgehead atoms. The van der Waals surface area contributed by atoms with Crippen LogP contribution >= 0.6 is 0 Å². The average Bonchev–Trinajstić information content (AvgIpc) is 2.37. The first-order valence-corrected chi connectivity index (χ1v) is 7.91. The van der Waals surface area contributed by atoms with Crippen LogP contribution in [0.4, 0.5) is 0 Å². The Morgan fingerprint density at radius 2 is 1.67 bits per heavy atom. The second-order valence-corrected chi connectivity index (χ2v) is 6.80. The monoisotopic (exact) mass is 302 g/mol. The van der Waals surface area contributed by atoms with Gasteiger partial charge in [0, 0.05) is 13.0 Å². The van der Waals surface area contributed by atoms with Gasteiger partial charge in [0.05, 0.1) is 24.4 Å². The predicted molar refractivity (Wildman–Crippen MR) is 86.5 cm³/mol. The fourth-order valence-electron chi connectivity index (χ4n) is 1.67. The van der Waals surface area contributed by atoms with Crippen molar-refractivity contribution in [3.05, 3.63) is 0 Å². The lowest BCUT2D eigenvalue weighted by molar-refractivity contribution is -0.123. The van der Waals surface area contributed by atoms with Gasteiger partial charge in [0.15, 0.2) is 0 Å². The number of carbonyl (C=O) groups excluding carboxylic acids is 1. The van der Waals surface area contributed by atoms with Crippen molar-refractivity contribution in [3.63, 3.8) is 0 Å². The van der Waals surface area contributed by atoms with Crippen LogP contribution in [0.2, 0.25) is 0 Å². The fourth-order valence-corrected chi connectivity index (χ4v) is 1.67. The molecule has 0 aromatic carbocycles. The van der Waals surface area contributed by atoms with Crippen molar-refractivity contribution in [2.75, 3.05) is 32.8 Å². The van der Waals surface area contributed by atoms with Crippen molar-refractivity contribution in [1.82, 2.24) is 10.6 Å². The number of hydrogen-bond acceptors (Lipinski definition) is 4. The molecule has 1 amide bonds. The van der Waals surface area contributed by atoms with Crippen molar-refractivity contribution < 1.29 is 14.3 Å². The molecule has 21 heavy (non-hydrogen) atoms. The van der Waals surface area contributed by atoms with E-state index < -0.39 is 0 Å². The van der Waals surface area contributed by atoms with Gasteiger partial charge in [0.2, 0.25) is 5.91 Å². The van der Waals surface area contributed by atoms with Crippen LogP contribution in [0, 0.1) is 0 Å². The third-order valence-electron chi connectivity index (χ3n) is 2.83. The van der Waals surface area contributed by atoms with E-state index in [2.05, 4.69) is 17.6 Å². The van der Waals surface area contributed by atoms with Gasteiger partial charge in [-0.2, -0.15) is 0 Å². The maximum atomic E-state index is 11.7. The summed E-state index contributed by atoms with van der Waals surface area (Å²) in [6.45, 7) is 15.5. The van der Waals surface area contributed by atoms with E-state index in [1.165, 1.54) is 0 Å². The lowest BCUT2D eigenvalue weighted by Gasteiger charge is -2.27. The third-order valence-corrected chi connectivity index (χ3v) is 2.83. The largest absolute Gasteiger partial charge is 0.373 e. The Balaban J connectivity index is 3.73. The molecule has 0 heterocycles. The molecule has 0 atom stereocenters. The highest BCUT2D eigenvalue weighted by Crippen LogP contribution is 2.10. The van der Waals surface area contributed by atoms with Gasteiger partial charge in [0.25, 0.3) is 0 Å². The Labute approximate surface area is 130 Å². The SMILES string of the molecule is CCNCCCC(=O)NCC(C)(C)OCCOC(C)(C)C. The van der Waals surface area contributed by atoms with E-state index in [-0.39, 0.29) is 17.1 Å². The van der Waals surface area contributed by atoms with Crippen molar-refractivity contribution in [3.8, 4) is 0 Å². The van der Waals surface area contributed by atoms with Crippen LogP contribution in [0.3, 0.4) is 0 Å². The number of hydrogen-bond donors (Lipinski definition) is 2. The first kappa shape index (κ1) is 20.3. The number of amides is 1. The molecule has 0 fully saturated rings. The molecule has 0 radical (unpaired) electrons. The Morgan fingerprint density at radius 3 is 2.24 bits per heavy atom. The number of ether oxygens (including phenoxy) is 2. The molecule has 0 saturated heterocycles. The van der Waals surface area contributed by atoms with E-state index in [0.29, 0.717) is 26.2 Å². The molecule has 0 aromatic heterocycles.